The summed E-state index contributed by atoms with van der Waals surface area (Å²) in [5, 5.41) is 2.65. The standard InChI is InChI=1S/C15H17N3O2S.ClH/c16-12-2-1-9-5-18(6-11(9)12)15(19)13-8-21-14(17-13)10-3-4-20-7-10;/h3-4,7-9,11-12H,1-2,5-6,16H2;1H. The van der Waals surface area contributed by atoms with Crippen molar-refractivity contribution < 1.29 is 9.21 Å². The van der Waals surface area contributed by atoms with Crippen LogP contribution in [-0.2, 0) is 0 Å². The number of rotatable bonds is 2. The van der Waals surface area contributed by atoms with Crippen molar-refractivity contribution >= 4 is 29.7 Å². The maximum atomic E-state index is 12.6. The Morgan fingerprint density at radius 3 is 3.00 bits per heavy atom. The van der Waals surface area contributed by atoms with Gasteiger partial charge < -0.3 is 15.1 Å². The summed E-state index contributed by atoms with van der Waals surface area (Å²) in [4.78, 5) is 18.9. The molecule has 2 N–H and O–H groups in total. The molecule has 0 aromatic carbocycles. The minimum absolute atomic E-state index is 0. The van der Waals surface area contributed by atoms with E-state index in [1.807, 2.05) is 16.3 Å². The lowest BCUT2D eigenvalue weighted by Gasteiger charge is -2.17. The highest BCUT2D eigenvalue weighted by atomic mass is 35.5. The Kier molecular flexibility index (Phi) is 4.25. The Morgan fingerprint density at radius 2 is 2.27 bits per heavy atom. The molecule has 1 saturated heterocycles. The van der Waals surface area contributed by atoms with Gasteiger partial charge in [0.05, 0.1) is 6.26 Å². The molecule has 3 atom stereocenters. The van der Waals surface area contributed by atoms with Gasteiger partial charge in [-0.1, -0.05) is 0 Å². The number of amides is 1. The van der Waals surface area contributed by atoms with Gasteiger partial charge in [0.2, 0.25) is 0 Å². The number of furan rings is 1. The van der Waals surface area contributed by atoms with Crippen LogP contribution in [0.25, 0.3) is 10.6 Å². The monoisotopic (exact) mass is 339 g/mol. The summed E-state index contributed by atoms with van der Waals surface area (Å²) in [6.45, 7) is 1.61. The van der Waals surface area contributed by atoms with Crippen molar-refractivity contribution in [3.8, 4) is 10.6 Å². The molecule has 1 amide bonds. The van der Waals surface area contributed by atoms with E-state index < -0.39 is 0 Å². The van der Waals surface area contributed by atoms with Crippen molar-refractivity contribution in [2.45, 2.75) is 18.9 Å². The Labute approximate surface area is 138 Å². The van der Waals surface area contributed by atoms with Crippen LogP contribution in [0, 0.1) is 11.8 Å². The van der Waals surface area contributed by atoms with E-state index in [-0.39, 0.29) is 24.4 Å². The van der Waals surface area contributed by atoms with Crippen molar-refractivity contribution in [3.05, 3.63) is 29.7 Å². The van der Waals surface area contributed by atoms with Crippen molar-refractivity contribution in [2.75, 3.05) is 13.1 Å². The number of fused-ring (bicyclic) bond motifs is 1. The van der Waals surface area contributed by atoms with Crippen LogP contribution in [0.3, 0.4) is 0 Å². The molecule has 0 radical (unpaired) electrons. The molecule has 0 bridgehead atoms. The molecule has 2 aromatic rings. The fourth-order valence-corrected chi connectivity index (χ4v) is 4.31. The molecule has 2 aliphatic rings. The second-order valence-electron chi connectivity index (χ2n) is 5.93. The SMILES string of the molecule is Cl.NC1CCC2CN(C(=O)c3csc(-c4ccoc4)n3)CC12. The summed E-state index contributed by atoms with van der Waals surface area (Å²) in [5.41, 5.74) is 7.58. The molecular formula is C15H18ClN3O2S. The Hall–Kier alpha value is -1.37. The molecular weight excluding hydrogens is 322 g/mol. The van der Waals surface area contributed by atoms with Gasteiger partial charge in [-0.25, -0.2) is 4.98 Å². The Morgan fingerprint density at radius 1 is 1.41 bits per heavy atom. The van der Waals surface area contributed by atoms with E-state index in [1.165, 1.54) is 11.3 Å². The molecule has 2 aromatic heterocycles. The van der Waals surface area contributed by atoms with Gasteiger partial charge in [-0.05, 0) is 30.7 Å². The number of thiazole rings is 1. The molecule has 4 rings (SSSR count). The van der Waals surface area contributed by atoms with Crippen LogP contribution < -0.4 is 5.73 Å². The van der Waals surface area contributed by atoms with E-state index in [9.17, 15) is 4.79 Å². The van der Waals surface area contributed by atoms with Gasteiger partial charge in [0, 0.05) is 30.1 Å². The van der Waals surface area contributed by atoms with Gasteiger partial charge in [-0.15, -0.1) is 23.7 Å². The number of nitrogens with two attached hydrogens (primary N) is 1. The highest BCUT2D eigenvalue weighted by molar-refractivity contribution is 7.13. The van der Waals surface area contributed by atoms with Crippen LogP contribution in [0.1, 0.15) is 23.3 Å². The lowest BCUT2D eigenvalue weighted by Crippen LogP contribution is -2.33. The molecule has 5 nitrogen and oxygen atoms in total. The predicted molar refractivity (Wildman–Crippen MR) is 87.2 cm³/mol. The van der Waals surface area contributed by atoms with Crippen LogP contribution in [0.15, 0.2) is 28.4 Å². The molecule has 7 heteroatoms. The number of aromatic nitrogens is 1. The lowest BCUT2D eigenvalue weighted by atomic mass is 9.98. The van der Waals surface area contributed by atoms with E-state index in [4.69, 9.17) is 10.2 Å². The number of nitrogens with zero attached hydrogens (tertiary/aromatic N) is 2. The van der Waals surface area contributed by atoms with E-state index >= 15 is 0 Å². The van der Waals surface area contributed by atoms with Crippen LogP contribution in [0.5, 0.6) is 0 Å². The van der Waals surface area contributed by atoms with Gasteiger partial charge in [-0.3, -0.25) is 4.79 Å². The van der Waals surface area contributed by atoms with Crippen molar-refractivity contribution in [1.29, 1.82) is 0 Å². The van der Waals surface area contributed by atoms with Gasteiger partial charge >= 0.3 is 0 Å². The molecule has 1 aliphatic heterocycles. The first-order valence-electron chi connectivity index (χ1n) is 7.25. The maximum absolute atomic E-state index is 12.6. The van der Waals surface area contributed by atoms with Crippen LogP contribution in [0.2, 0.25) is 0 Å². The highest BCUT2D eigenvalue weighted by Gasteiger charge is 2.42. The molecule has 1 aliphatic carbocycles. The van der Waals surface area contributed by atoms with Gasteiger partial charge in [0.1, 0.15) is 17.0 Å². The quantitative estimate of drug-likeness (QED) is 0.912. The van der Waals surface area contributed by atoms with E-state index in [0.717, 1.165) is 36.5 Å². The lowest BCUT2D eigenvalue weighted by molar-refractivity contribution is 0.0774. The van der Waals surface area contributed by atoms with E-state index in [2.05, 4.69) is 4.98 Å². The Balaban J connectivity index is 0.00000144. The van der Waals surface area contributed by atoms with Crippen molar-refractivity contribution in [3.63, 3.8) is 0 Å². The topological polar surface area (TPSA) is 72.4 Å². The second-order valence-corrected chi connectivity index (χ2v) is 6.78. The van der Waals surface area contributed by atoms with Gasteiger partial charge in [-0.2, -0.15) is 0 Å². The van der Waals surface area contributed by atoms with Crippen LogP contribution in [-0.4, -0.2) is 34.9 Å². The summed E-state index contributed by atoms with van der Waals surface area (Å²) in [6, 6.07) is 2.11. The first kappa shape index (κ1) is 15.5. The molecule has 0 spiro atoms. The largest absolute Gasteiger partial charge is 0.472 e. The number of hydrogen-bond donors (Lipinski definition) is 1. The number of halogens is 1. The van der Waals surface area contributed by atoms with Crippen molar-refractivity contribution in [1.82, 2.24) is 9.88 Å². The summed E-state index contributed by atoms with van der Waals surface area (Å²) >= 11 is 1.47. The highest BCUT2D eigenvalue weighted by Crippen LogP contribution is 2.37. The second kappa shape index (κ2) is 6.02. The van der Waals surface area contributed by atoms with E-state index in [1.54, 1.807) is 12.5 Å². The normalized spacial score (nSPS) is 26.8. The number of likely N-dealkylation sites (tertiary alicyclic amines) is 1. The molecule has 118 valence electrons. The van der Waals surface area contributed by atoms with Crippen LogP contribution in [0.4, 0.5) is 0 Å². The molecule has 1 saturated carbocycles. The number of hydrogen-bond acceptors (Lipinski definition) is 5. The third-order valence-corrected chi connectivity index (χ3v) is 5.58. The molecule has 2 fully saturated rings. The summed E-state index contributed by atoms with van der Waals surface area (Å²) in [6.07, 6.45) is 5.50. The first-order valence-corrected chi connectivity index (χ1v) is 8.13. The minimum Gasteiger partial charge on any atom is -0.472 e. The zero-order valence-corrected chi connectivity index (χ0v) is 13.6. The third kappa shape index (κ3) is 2.55. The smallest absolute Gasteiger partial charge is 0.273 e. The van der Waals surface area contributed by atoms with Crippen molar-refractivity contribution in [2.24, 2.45) is 17.6 Å². The minimum atomic E-state index is 0. The first-order chi connectivity index (χ1) is 10.2. The fraction of sp³-hybridized carbons (Fsp3) is 0.467. The fourth-order valence-electron chi connectivity index (χ4n) is 3.53. The average molecular weight is 340 g/mol. The predicted octanol–water partition coefficient (Wildman–Crippen LogP) is 2.63. The van der Waals surface area contributed by atoms with Crippen LogP contribution >= 0.6 is 23.7 Å². The zero-order chi connectivity index (χ0) is 14.4. The summed E-state index contributed by atoms with van der Waals surface area (Å²) in [7, 11) is 0. The summed E-state index contributed by atoms with van der Waals surface area (Å²) < 4.78 is 5.06. The number of carbonyl (C=O) groups is 1. The Bertz CT molecular complexity index is 658. The third-order valence-electron chi connectivity index (χ3n) is 4.69. The summed E-state index contributed by atoms with van der Waals surface area (Å²) in [5.74, 6) is 1.08. The number of carbonyl (C=O) groups excluding carboxylic acids is 1. The molecule has 3 heterocycles. The maximum Gasteiger partial charge on any atom is 0.273 e. The zero-order valence-electron chi connectivity index (χ0n) is 12.0. The molecule has 22 heavy (non-hydrogen) atoms. The molecule has 3 unspecified atom stereocenters. The van der Waals surface area contributed by atoms with Gasteiger partial charge in [0.15, 0.2) is 0 Å². The van der Waals surface area contributed by atoms with Gasteiger partial charge in [0.25, 0.3) is 5.91 Å². The van der Waals surface area contributed by atoms with E-state index in [0.29, 0.717) is 17.5 Å². The average Bonchev–Trinajstić information content (AvgIpc) is 3.25.